The van der Waals surface area contributed by atoms with Gasteiger partial charge in [-0.1, -0.05) is 25.2 Å². The summed E-state index contributed by atoms with van der Waals surface area (Å²) < 4.78 is 15.5. The van der Waals surface area contributed by atoms with Crippen LogP contribution in [-0.4, -0.2) is 37.7 Å². The molecule has 0 spiro atoms. The topological polar surface area (TPSA) is 78.9 Å². The van der Waals surface area contributed by atoms with Gasteiger partial charge in [-0.3, -0.25) is 14.4 Å². The van der Waals surface area contributed by atoms with Gasteiger partial charge in [-0.05, 0) is 37.7 Å². The number of esters is 3. The van der Waals surface area contributed by atoms with Gasteiger partial charge in [0.05, 0.1) is 14.2 Å². The van der Waals surface area contributed by atoms with Crippen LogP contribution in [0.5, 0.6) is 0 Å². The number of ether oxygens (including phenoxy) is 3. The van der Waals surface area contributed by atoms with Crippen molar-refractivity contribution in [2.45, 2.75) is 45.6 Å². The Morgan fingerprint density at radius 1 is 1.24 bits per heavy atom. The normalized spacial score (nSPS) is 26.0. The van der Waals surface area contributed by atoms with E-state index in [4.69, 9.17) is 14.2 Å². The minimum Gasteiger partial charge on any atom is -0.468 e. The third-order valence-corrected chi connectivity index (χ3v) is 5.45. The lowest BCUT2D eigenvalue weighted by Gasteiger charge is -2.36. The third kappa shape index (κ3) is 2.98. The average molecular weight is 350 g/mol. The quantitative estimate of drug-likeness (QED) is 0.328. The van der Waals surface area contributed by atoms with E-state index in [0.29, 0.717) is 12.8 Å². The fraction of sp³-hybridized carbons (Fsp3) is 0.632. The number of allylic oxidation sites excluding steroid dienone is 2. The van der Waals surface area contributed by atoms with Crippen molar-refractivity contribution in [3.05, 3.63) is 23.8 Å². The molecule has 1 unspecified atom stereocenters. The molecule has 6 nitrogen and oxygen atoms in total. The first-order chi connectivity index (χ1) is 11.8. The Balaban J connectivity index is 2.66. The molecule has 0 saturated heterocycles. The van der Waals surface area contributed by atoms with Gasteiger partial charge < -0.3 is 14.2 Å². The van der Waals surface area contributed by atoms with Gasteiger partial charge in [0.2, 0.25) is 0 Å². The molecule has 6 heteroatoms. The molecular weight excluding hydrogens is 324 g/mol. The highest BCUT2D eigenvalue weighted by Gasteiger charge is 2.61. The lowest BCUT2D eigenvalue weighted by Crippen LogP contribution is -2.45. The van der Waals surface area contributed by atoms with Gasteiger partial charge in [0.15, 0.2) is 5.41 Å². The number of fused-ring (bicyclic) bond motifs is 1. The summed E-state index contributed by atoms with van der Waals surface area (Å²) in [5.41, 5.74) is -1.66. The molecule has 2 aliphatic carbocycles. The van der Waals surface area contributed by atoms with Crippen molar-refractivity contribution < 1.29 is 28.6 Å². The molecule has 138 valence electrons. The Morgan fingerprint density at radius 2 is 1.84 bits per heavy atom. The predicted molar refractivity (Wildman–Crippen MR) is 90.4 cm³/mol. The zero-order valence-electron chi connectivity index (χ0n) is 15.5. The van der Waals surface area contributed by atoms with E-state index in [0.717, 1.165) is 12.0 Å². The Morgan fingerprint density at radius 3 is 2.32 bits per heavy atom. The highest BCUT2D eigenvalue weighted by Crippen LogP contribution is 2.55. The highest BCUT2D eigenvalue weighted by atomic mass is 16.6. The van der Waals surface area contributed by atoms with Crippen LogP contribution in [0.2, 0.25) is 0 Å². The molecule has 0 N–H and O–H groups in total. The van der Waals surface area contributed by atoms with Gasteiger partial charge in [-0.2, -0.15) is 0 Å². The van der Waals surface area contributed by atoms with Crippen LogP contribution in [0.1, 0.15) is 40.0 Å². The van der Waals surface area contributed by atoms with E-state index in [1.165, 1.54) is 21.1 Å². The zero-order chi connectivity index (χ0) is 18.8. The molecule has 2 rings (SSSR count). The molecule has 0 saturated carbocycles. The molecule has 0 aromatic rings. The first kappa shape index (κ1) is 19.2. The number of methoxy groups -OCH3 is 2. The van der Waals surface area contributed by atoms with E-state index in [-0.39, 0.29) is 11.8 Å². The summed E-state index contributed by atoms with van der Waals surface area (Å²) in [5, 5.41) is 0. The number of hydrogen-bond donors (Lipinski definition) is 0. The summed E-state index contributed by atoms with van der Waals surface area (Å²) in [6, 6.07) is 0. The first-order valence-corrected chi connectivity index (χ1v) is 8.53. The molecule has 0 amide bonds. The number of carbonyl (C=O) groups is 3. The standard InChI is InChI=1S/C19H26O6/c1-6-18(3,25-12(2)20)15-11-19(16(21)23-4,17(22)24-5)14-10-8-7-9-13(14)15/h7,9,11,13-14H,6,8,10H2,1-5H3/t13-,14+,18?/m0/s1. The van der Waals surface area contributed by atoms with Crippen molar-refractivity contribution >= 4 is 17.9 Å². The van der Waals surface area contributed by atoms with Crippen LogP contribution in [0.4, 0.5) is 0 Å². The van der Waals surface area contributed by atoms with Crippen molar-refractivity contribution in [2.24, 2.45) is 17.3 Å². The maximum Gasteiger partial charge on any atom is 0.327 e. The highest BCUT2D eigenvalue weighted by molar-refractivity contribution is 6.03. The van der Waals surface area contributed by atoms with Crippen LogP contribution in [0.3, 0.4) is 0 Å². The smallest absolute Gasteiger partial charge is 0.327 e. The van der Waals surface area contributed by atoms with Crippen LogP contribution in [0.25, 0.3) is 0 Å². The third-order valence-electron chi connectivity index (χ3n) is 5.45. The van der Waals surface area contributed by atoms with Crippen LogP contribution in [-0.2, 0) is 28.6 Å². The summed E-state index contributed by atoms with van der Waals surface area (Å²) in [4.78, 5) is 37.0. The summed E-state index contributed by atoms with van der Waals surface area (Å²) in [5.74, 6) is -2.18. The lowest BCUT2D eigenvalue weighted by molar-refractivity contribution is -0.169. The fourth-order valence-corrected chi connectivity index (χ4v) is 4.11. The molecule has 0 aromatic heterocycles. The Hall–Kier alpha value is -2.11. The van der Waals surface area contributed by atoms with Crippen molar-refractivity contribution in [1.29, 1.82) is 0 Å². The van der Waals surface area contributed by atoms with Crippen molar-refractivity contribution in [3.63, 3.8) is 0 Å². The van der Waals surface area contributed by atoms with Gasteiger partial charge in [-0.15, -0.1) is 0 Å². The van der Waals surface area contributed by atoms with E-state index in [2.05, 4.69) is 0 Å². The monoisotopic (exact) mass is 350 g/mol. The van der Waals surface area contributed by atoms with Crippen molar-refractivity contribution in [1.82, 2.24) is 0 Å². The van der Waals surface area contributed by atoms with E-state index >= 15 is 0 Å². The second-order valence-corrected chi connectivity index (χ2v) is 6.77. The molecule has 0 aliphatic heterocycles. The van der Waals surface area contributed by atoms with Gasteiger partial charge >= 0.3 is 17.9 Å². The average Bonchev–Trinajstić information content (AvgIpc) is 2.97. The Kier molecular flexibility index (Phi) is 5.40. The van der Waals surface area contributed by atoms with Crippen LogP contribution in [0, 0.1) is 17.3 Å². The summed E-state index contributed by atoms with van der Waals surface area (Å²) in [7, 11) is 2.52. The fourth-order valence-electron chi connectivity index (χ4n) is 4.11. The first-order valence-electron chi connectivity index (χ1n) is 8.53. The van der Waals surface area contributed by atoms with Crippen LogP contribution < -0.4 is 0 Å². The molecule has 2 aliphatic rings. The number of hydrogen-bond acceptors (Lipinski definition) is 6. The van der Waals surface area contributed by atoms with Gasteiger partial charge in [0.25, 0.3) is 0 Å². The van der Waals surface area contributed by atoms with Gasteiger partial charge in [0, 0.05) is 12.8 Å². The number of carbonyl (C=O) groups excluding carboxylic acids is 3. The summed E-state index contributed by atoms with van der Waals surface area (Å²) >= 11 is 0. The largest absolute Gasteiger partial charge is 0.468 e. The van der Waals surface area contributed by atoms with E-state index in [1.807, 2.05) is 26.0 Å². The Labute approximate surface area is 148 Å². The second-order valence-electron chi connectivity index (χ2n) is 6.77. The maximum absolute atomic E-state index is 12.7. The molecule has 0 aromatic carbocycles. The second kappa shape index (κ2) is 7.02. The maximum atomic E-state index is 12.7. The van der Waals surface area contributed by atoms with E-state index in [1.54, 1.807) is 6.08 Å². The molecule has 0 heterocycles. The minimum absolute atomic E-state index is 0.184. The molecule has 0 fully saturated rings. The summed E-state index contributed by atoms with van der Waals surface area (Å²) in [6.45, 7) is 5.07. The zero-order valence-corrected chi connectivity index (χ0v) is 15.5. The van der Waals surface area contributed by atoms with Gasteiger partial charge in [0.1, 0.15) is 5.60 Å². The minimum atomic E-state index is -1.51. The van der Waals surface area contributed by atoms with Gasteiger partial charge in [-0.25, -0.2) is 0 Å². The molecule has 3 atom stereocenters. The number of rotatable bonds is 5. The van der Waals surface area contributed by atoms with Crippen molar-refractivity contribution in [3.8, 4) is 0 Å². The molecular formula is C19H26O6. The van der Waals surface area contributed by atoms with E-state index in [9.17, 15) is 14.4 Å². The SMILES string of the molecule is CCC(C)(OC(C)=O)C1=CC(C(=O)OC)(C(=O)OC)[C@@H]2CCC=C[C@H]12. The van der Waals surface area contributed by atoms with Crippen LogP contribution in [0.15, 0.2) is 23.8 Å². The lowest BCUT2D eigenvalue weighted by atomic mass is 9.69. The molecule has 0 bridgehead atoms. The summed E-state index contributed by atoms with van der Waals surface area (Å²) in [6.07, 6.45) is 7.57. The predicted octanol–water partition coefficient (Wildman–Crippen LogP) is 2.57. The van der Waals surface area contributed by atoms with Crippen LogP contribution >= 0.6 is 0 Å². The van der Waals surface area contributed by atoms with E-state index < -0.39 is 28.9 Å². The Bertz CT molecular complexity index is 616. The van der Waals surface area contributed by atoms with Crippen molar-refractivity contribution in [2.75, 3.05) is 14.2 Å². The molecule has 25 heavy (non-hydrogen) atoms. The molecule has 0 radical (unpaired) electrons.